The molecule has 2 rings (SSSR count). The molecule has 2 aliphatic rings. The van der Waals surface area contributed by atoms with Crippen LogP contribution in [-0.2, 0) is 14.1 Å². The fourth-order valence-corrected chi connectivity index (χ4v) is 2.39. The van der Waals surface area contributed by atoms with Gasteiger partial charge in [-0.05, 0) is 45.9 Å². The normalized spacial score (nSPS) is 31.2. The summed E-state index contributed by atoms with van der Waals surface area (Å²) in [6.07, 6.45) is 1.07. The number of amides is 1. The van der Waals surface area contributed by atoms with Crippen molar-refractivity contribution in [3.63, 3.8) is 0 Å². The van der Waals surface area contributed by atoms with Crippen LogP contribution in [0, 0.1) is 11.3 Å². The molecule has 1 amide bonds. The summed E-state index contributed by atoms with van der Waals surface area (Å²) in [6.45, 7) is 14.8. The summed E-state index contributed by atoms with van der Waals surface area (Å²) in [5, 5.41) is 3.03. The lowest BCUT2D eigenvalue weighted by atomic mass is 9.80. The molecule has 2 atom stereocenters. The van der Waals surface area contributed by atoms with Crippen LogP contribution in [0.3, 0.4) is 0 Å². The largest absolute Gasteiger partial charge is 0.461 e. The van der Waals surface area contributed by atoms with Crippen molar-refractivity contribution in [2.24, 2.45) is 11.3 Å². The van der Waals surface area contributed by atoms with Gasteiger partial charge >= 0.3 is 7.12 Å². The van der Waals surface area contributed by atoms with Crippen LogP contribution in [0.15, 0.2) is 0 Å². The van der Waals surface area contributed by atoms with Gasteiger partial charge in [-0.25, -0.2) is 0 Å². The monoisotopic (exact) mass is 281 g/mol. The van der Waals surface area contributed by atoms with E-state index in [1.165, 1.54) is 0 Å². The summed E-state index contributed by atoms with van der Waals surface area (Å²) in [6, 6.07) is 0. The Morgan fingerprint density at radius 1 is 1.20 bits per heavy atom. The van der Waals surface area contributed by atoms with Gasteiger partial charge in [0, 0.05) is 12.0 Å². The lowest BCUT2D eigenvalue weighted by molar-refractivity contribution is -0.128. The number of carbonyl (C=O) groups excluding carboxylic acids is 1. The van der Waals surface area contributed by atoms with Crippen molar-refractivity contribution >= 4 is 13.0 Å². The molecule has 20 heavy (non-hydrogen) atoms. The van der Waals surface area contributed by atoms with E-state index in [9.17, 15) is 4.79 Å². The van der Waals surface area contributed by atoms with Gasteiger partial charge in [-0.3, -0.25) is 4.79 Å². The van der Waals surface area contributed by atoms with E-state index in [2.05, 4.69) is 33.0 Å². The Bertz CT molecular complexity index is 384. The number of hydrogen-bond acceptors (Lipinski definition) is 3. The van der Waals surface area contributed by atoms with Crippen LogP contribution in [-0.4, -0.2) is 30.8 Å². The minimum atomic E-state index is -0.325. The van der Waals surface area contributed by atoms with Crippen LogP contribution in [0.4, 0.5) is 0 Å². The van der Waals surface area contributed by atoms with E-state index in [1.54, 1.807) is 0 Å². The summed E-state index contributed by atoms with van der Waals surface area (Å²) in [7, 11) is -0.128. The van der Waals surface area contributed by atoms with Gasteiger partial charge in [0.25, 0.3) is 0 Å². The minimum Gasteiger partial charge on any atom is -0.403 e. The Morgan fingerprint density at radius 3 is 2.15 bits per heavy atom. The summed E-state index contributed by atoms with van der Waals surface area (Å²) in [5.41, 5.74) is -0.854. The van der Waals surface area contributed by atoms with Crippen LogP contribution in [0.2, 0.25) is 5.82 Å². The lowest BCUT2D eigenvalue weighted by Gasteiger charge is -2.32. The lowest BCUT2D eigenvalue weighted by Crippen LogP contribution is -2.41. The molecular weight excluding hydrogens is 253 g/mol. The first kappa shape index (κ1) is 15.8. The second-order valence-corrected chi connectivity index (χ2v) is 8.24. The van der Waals surface area contributed by atoms with Crippen molar-refractivity contribution in [3.8, 4) is 0 Å². The third-order valence-electron chi connectivity index (χ3n) is 4.80. The van der Waals surface area contributed by atoms with Crippen molar-refractivity contribution in [1.29, 1.82) is 0 Å². The van der Waals surface area contributed by atoms with Gasteiger partial charge in [0.15, 0.2) is 0 Å². The first-order valence-electron chi connectivity index (χ1n) is 7.58. The van der Waals surface area contributed by atoms with E-state index in [4.69, 9.17) is 9.31 Å². The highest BCUT2D eigenvalue weighted by Crippen LogP contribution is 2.52. The van der Waals surface area contributed by atoms with Crippen LogP contribution < -0.4 is 5.32 Å². The molecule has 4 nitrogen and oxygen atoms in total. The van der Waals surface area contributed by atoms with Crippen LogP contribution >= 0.6 is 0 Å². The summed E-state index contributed by atoms with van der Waals surface area (Å²) in [4.78, 5) is 11.9. The van der Waals surface area contributed by atoms with E-state index in [0.29, 0.717) is 11.7 Å². The molecule has 5 heteroatoms. The third-order valence-corrected chi connectivity index (χ3v) is 4.80. The SMILES string of the molecule is CC(C)(C)C(=O)NC[C@H]1C[C@@H]1B1OC(C)(C)C(C)(C)O1. The number of carbonyl (C=O) groups is 1. The molecule has 0 aromatic rings. The van der Waals surface area contributed by atoms with Gasteiger partial charge in [-0.15, -0.1) is 0 Å². The van der Waals surface area contributed by atoms with Gasteiger partial charge < -0.3 is 14.6 Å². The van der Waals surface area contributed by atoms with Gasteiger partial charge in [0.05, 0.1) is 11.2 Å². The molecule has 1 saturated heterocycles. The molecule has 0 spiro atoms. The highest BCUT2D eigenvalue weighted by Gasteiger charge is 2.59. The first-order valence-corrected chi connectivity index (χ1v) is 7.58. The Labute approximate surface area is 123 Å². The molecule has 1 aliphatic heterocycles. The topological polar surface area (TPSA) is 47.6 Å². The third kappa shape index (κ3) is 3.04. The van der Waals surface area contributed by atoms with Crippen molar-refractivity contribution in [2.75, 3.05) is 6.54 Å². The van der Waals surface area contributed by atoms with Gasteiger partial charge in [0.2, 0.25) is 5.91 Å². The summed E-state index contributed by atoms with van der Waals surface area (Å²) in [5.74, 6) is 1.00. The van der Waals surface area contributed by atoms with E-state index in [1.807, 2.05) is 20.8 Å². The van der Waals surface area contributed by atoms with E-state index < -0.39 is 0 Å². The van der Waals surface area contributed by atoms with Gasteiger partial charge in [-0.2, -0.15) is 0 Å². The molecule has 1 aliphatic carbocycles. The predicted molar refractivity (Wildman–Crippen MR) is 80.4 cm³/mol. The van der Waals surface area contributed by atoms with Gasteiger partial charge in [0.1, 0.15) is 0 Å². The Balaban J connectivity index is 1.81. The fraction of sp³-hybridized carbons (Fsp3) is 0.933. The molecule has 1 heterocycles. The smallest absolute Gasteiger partial charge is 0.403 e. The maximum Gasteiger partial charge on any atom is 0.461 e. The average molecular weight is 281 g/mol. The fourth-order valence-electron chi connectivity index (χ4n) is 2.39. The van der Waals surface area contributed by atoms with E-state index in [0.717, 1.165) is 13.0 Å². The molecule has 114 valence electrons. The molecule has 1 N–H and O–H groups in total. The van der Waals surface area contributed by atoms with Crippen LogP contribution in [0.25, 0.3) is 0 Å². The van der Waals surface area contributed by atoms with E-state index in [-0.39, 0.29) is 29.6 Å². The molecule has 0 aromatic heterocycles. The maximum atomic E-state index is 11.9. The highest BCUT2D eigenvalue weighted by atomic mass is 16.7. The molecule has 2 fully saturated rings. The molecule has 0 unspecified atom stereocenters. The molecule has 1 saturated carbocycles. The quantitative estimate of drug-likeness (QED) is 0.809. The van der Waals surface area contributed by atoms with Crippen molar-refractivity contribution < 1.29 is 14.1 Å². The first-order chi connectivity index (χ1) is 8.94. The van der Waals surface area contributed by atoms with Crippen LogP contribution in [0.5, 0.6) is 0 Å². The Morgan fingerprint density at radius 2 is 1.70 bits per heavy atom. The zero-order valence-corrected chi connectivity index (χ0v) is 13.9. The zero-order valence-electron chi connectivity index (χ0n) is 13.9. The molecule has 0 radical (unpaired) electrons. The molecule has 0 aromatic carbocycles. The zero-order chi connectivity index (χ0) is 15.3. The van der Waals surface area contributed by atoms with Crippen molar-refractivity contribution in [1.82, 2.24) is 5.32 Å². The molecular formula is C15H28BNO3. The Kier molecular flexibility index (Phi) is 3.75. The number of rotatable bonds is 3. The highest BCUT2D eigenvalue weighted by molar-refractivity contribution is 6.48. The second kappa shape index (κ2) is 4.74. The second-order valence-electron chi connectivity index (χ2n) is 8.24. The van der Waals surface area contributed by atoms with Crippen molar-refractivity contribution in [3.05, 3.63) is 0 Å². The number of hydrogen-bond donors (Lipinski definition) is 1. The van der Waals surface area contributed by atoms with Crippen LogP contribution in [0.1, 0.15) is 54.9 Å². The number of nitrogens with one attached hydrogen (secondary N) is 1. The summed E-state index contributed by atoms with van der Waals surface area (Å²) < 4.78 is 12.1. The van der Waals surface area contributed by atoms with Crippen molar-refractivity contribution in [2.45, 2.75) is 71.9 Å². The summed E-state index contributed by atoms with van der Waals surface area (Å²) >= 11 is 0. The van der Waals surface area contributed by atoms with Gasteiger partial charge in [-0.1, -0.05) is 20.8 Å². The Hall–Kier alpha value is -0.545. The predicted octanol–water partition coefficient (Wildman–Crippen LogP) is 2.63. The maximum absolute atomic E-state index is 11.9. The van der Waals surface area contributed by atoms with E-state index >= 15 is 0 Å². The average Bonchev–Trinajstić information content (AvgIpc) is 2.97. The standard InChI is InChI=1S/C15H28BNO3/c1-13(2,3)12(18)17-9-10-8-11(10)16-19-14(4,5)15(6,7)20-16/h10-11H,8-9H2,1-7H3,(H,17,18)/t10-,11+/m1/s1. The minimum absolute atomic E-state index is 0.108. The molecule has 0 bridgehead atoms.